The van der Waals surface area contributed by atoms with Gasteiger partial charge >= 0.3 is 5.97 Å². The molecular formula is C12H22N2O4. The maximum Gasteiger partial charge on any atom is 0.303 e. The van der Waals surface area contributed by atoms with E-state index in [-0.39, 0.29) is 30.8 Å². The quantitative estimate of drug-likeness (QED) is 0.647. The van der Waals surface area contributed by atoms with Crippen LogP contribution < -0.4 is 10.6 Å². The van der Waals surface area contributed by atoms with Gasteiger partial charge in [-0.2, -0.15) is 0 Å². The Kier molecular flexibility index (Phi) is 6.36. The van der Waals surface area contributed by atoms with Gasteiger partial charge in [0, 0.05) is 17.9 Å². The molecular weight excluding hydrogens is 236 g/mol. The zero-order valence-electron chi connectivity index (χ0n) is 11.4. The molecule has 0 spiro atoms. The van der Waals surface area contributed by atoms with Crippen molar-refractivity contribution in [2.45, 2.75) is 46.6 Å². The molecule has 1 unspecified atom stereocenters. The topological polar surface area (TPSA) is 95.5 Å². The molecule has 0 fully saturated rings. The van der Waals surface area contributed by atoms with Crippen molar-refractivity contribution in [2.24, 2.45) is 5.41 Å². The third-order valence-corrected chi connectivity index (χ3v) is 2.29. The van der Waals surface area contributed by atoms with Crippen LogP contribution in [0.4, 0.5) is 0 Å². The van der Waals surface area contributed by atoms with E-state index < -0.39 is 11.4 Å². The molecule has 2 amide bonds. The number of carbonyl (C=O) groups is 3. The van der Waals surface area contributed by atoms with Crippen LogP contribution in [0, 0.1) is 5.41 Å². The van der Waals surface area contributed by atoms with Crippen LogP contribution in [-0.4, -0.2) is 35.5 Å². The van der Waals surface area contributed by atoms with E-state index in [0.29, 0.717) is 6.42 Å². The second kappa shape index (κ2) is 6.98. The van der Waals surface area contributed by atoms with Crippen molar-refractivity contribution in [3.8, 4) is 0 Å². The van der Waals surface area contributed by atoms with Gasteiger partial charge in [0.05, 0.1) is 6.54 Å². The van der Waals surface area contributed by atoms with Crippen molar-refractivity contribution in [3.05, 3.63) is 0 Å². The average Bonchev–Trinajstić information content (AvgIpc) is 2.21. The Hall–Kier alpha value is -1.59. The molecule has 6 nitrogen and oxygen atoms in total. The highest BCUT2D eigenvalue weighted by atomic mass is 16.4. The van der Waals surface area contributed by atoms with Crippen molar-refractivity contribution in [1.29, 1.82) is 0 Å². The average molecular weight is 258 g/mol. The molecule has 0 heterocycles. The minimum absolute atomic E-state index is 0.00972. The maximum atomic E-state index is 11.5. The van der Waals surface area contributed by atoms with E-state index in [4.69, 9.17) is 5.11 Å². The van der Waals surface area contributed by atoms with E-state index in [1.54, 1.807) is 27.7 Å². The molecule has 104 valence electrons. The maximum absolute atomic E-state index is 11.5. The molecule has 0 rings (SSSR count). The highest BCUT2D eigenvalue weighted by Crippen LogP contribution is 2.11. The number of rotatable bonds is 6. The van der Waals surface area contributed by atoms with Gasteiger partial charge in [0.25, 0.3) is 0 Å². The molecule has 0 bridgehead atoms. The molecule has 0 saturated carbocycles. The first-order chi connectivity index (χ1) is 8.12. The summed E-state index contributed by atoms with van der Waals surface area (Å²) in [4.78, 5) is 33.3. The van der Waals surface area contributed by atoms with Crippen molar-refractivity contribution in [1.82, 2.24) is 10.6 Å². The highest BCUT2D eigenvalue weighted by molar-refractivity contribution is 5.87. The lowest BCUT2D eigenvalue weighted by atomic mass is 9.96. The largest absolute Gasteiger partial charge is 0.481 e. The van der Waals surface area contributed by atoms with Crippen molar-refractivity contribution in [2.75, 3.05) is 6.54 Å². The van der Waals surface area contributed by atoms with Gasteiger partial charge < -0.3 is 15.7 Å². The summed E-state index contributed by atoms with van der Waals surface area (Å²) < 4.78 is 0. The molecule has 1 atom stereocenters. The summed E-state index contributed by atoms with van der Waals surface area (Å²) in [5, 5.41) is 13.6. The van der Waals surface area contributed by atoms with Crippen molar-refractivity contribution >= 4 is 17.8 Å². The minimum Gasteiger partial charge on any atom is -0.481 e. The third-order valence-electron chi connectivity index (χ3n) is 2.29. The molecule has 0 saturated heterocycles. The number of hydrogen-bond donors (Lipinski definition) is 3. The molecule has 6 heteroatoms. The van der Waals surface area contributed by atoms with Gasteiger partial charge in [0.1, 0.15) is 0 Å². The van der Waals surface area contributed by atoms with E-state index >= 15 is 0 Å². The Labute approximate surface area is 107 Å². The Morgan fingerprint density at radius 2 is 1.78 bits per heavy atom. The highest BCUT2D eigenvalue weighted by Gasteiger charge is 2.21. The van der Waals surface area contributed by atoms with Crippen LogP contribution in [0.2, 0.25) is 0 Å². The number of aliphatic carboxylic acids is 1. The first kappa shape index (κ1) is 16.4. The molecule has 0 aliphatic carbocycles. The third kappa shape index (κ3) is 7.65. The van der Waals surface area contributed by atoms with Gasteiger partial charge in [0.2, 0.25) is 11.8 Å². The van der Waals surface area contributed by atoms with E-state index in [1.165, 1.54) is 0 Å². The molecule has 0 aliphatic rings. The van der Waals surface area contributed by atoms with Crippen LogP contribution >= 0.6 is 0 Å². The van der Waals surface area contributed by atoms with E-state index in [1.807, 2.05) is 0 Å². The lowest BCUT2D eigenvalue weighted by Gasteiger charge is -2.18. The normalized spacial score (nSPS) is 12.7. The zero-order valence-corrected chi connectivity index (χ0v) is 11.4. The molecule has 3 N–H and O–H groups in total. The Morgan fingerprint density at radius 1 is 1.22 bits per heavy atom. The standard InChI is InChI=1S/C12H22N2O4/c1-8(5-6-10(16)17)14-9(15)7-13-11(18)12(2,3)4/h8H,5-7H2,1-4H3,(H,13,18)(H,14,15)(H,16,17). The predicted molar refractivity (Wildman–Crippen MR) is 66.9 cm³/mol. The van der Waals surface area contributed by atoms with Crippen LogP contribution in [-0.2, 0) is 14.4 Å². The lowest BCUT2D eigenvalue weighted by Crippen LogP contribution is -2.44. The van der Waals surface area contributed by atoms with Crippen LogP contribution in [0.1, 0.15) is 40.5 Å². The lowest BCUT2D eigenvalue weighted by molar-refractivity contribution is -0.137. The first-order valence-electron chi connectivity index (χ1n) is 5.92. The fraction of sp³-hybridized carbons (Fsp3) is 0.750. The zero-order chi connectivity index (χ0) is 14.3. The number of hydrogen-bond acceptors (Lipinski definition) is 3. The number of carbonyl (C=O) groups excluding carboxylic acids is 2. The molecule has 0 radical (unpaired) electrons. The summed E-state index contributed by atoms with van der Waals surface area (Å²) in [6.07, 6.45) is 0.379. The van der Waals surface area contributed by atoms with Gasteiger partial charge in [0.15, 0.2) is 0 Å². The van der Waals surface area contributed by atoms with Crippen LogP contribution in [0.25, 0.3) is 0 Å². The second-order valence-electron chi connectivity index (χ2n) is 5.33. The van der Waals surface area contributed by atoms with Gasteiger partial charge in [-0.3, -0.25) is 14.4 Å². The molecule has 0 aromatic rings. The van der Waals surface area contributed by atoms with E-state index in [0.717, 1.165) is 0 Å². The van der Waals surface area contributed by atoms with Gasteiger partial charge in [-0.05, 0) is 13.3 Å². The molecule has 0 aromatic carbocycles. The first-order valence-corrected chi connectivity index (χ1v) is 5.92. The Morgan fingerprint density at radius 3 is 2.22 bits per heavy atom. The van der Waals surface area contributed by atoms with E-state index in [2.05, 4.69) is 10.6 Å². The number of nitrogens with one attached hydrogen (secondary N) is 2. The fourth-order valence-corrected chi connectivity index (χ4v) is 1.16. The summed E-state index contributed by atoms with van der Waals surface area (Å²) in [5.41, 5.74) is -0.533. The number of carboxylic acids is 1. The Balaban J connectivity index is 3.91. The van der Waals surface area contributed by atoms with Crippen LogP contribution in [0.3, 0.4) is 0 Å². The summed E-state index contributed by atoms with van der Waals surface area (Å²) in [5.74, 6) is -1.40. The minimum atomic E-state index is -0.892. The van der Waals surface area contributed by atoms with Gasteiger partial charge in [-0.25, -0.2) is 0 Å². The Bertz CT molecular complexity index is 321. The summed E-state index contributed by atoms with van der Waals surface area (Å²) in [6, 6.07) is -0.222. The van der Waals surface area contributed by atoms with E-state index in [9.17, 15) is 14.4 Å². The van der Waals surface area contributed by atoms with Crippen molar-refractivity contribution < 1.29 is 19.5 Å². The smallest absolute Gasteiger partial charge is 0.303 e. The molecule has 18 heavy (non-hydrogen) atoms. The summed E-state index contributed by atoms with van der Waals surface area (Å²) >= 11 is 0. The van der Waals surface area contributed by atoms with Crippen molar-refractivity contribution in [3.63, 3.8) is 0 Å². The fourth-order valence-electron chi connectivity index (χ4n) is 1.16. The molecule has 0 aliphatic heterocycles. The van der Waals surface area contributed by atoms with Crippen LogP contribution in [0.5, 0.6) is 0 Å². The van der Waals surface area contributed by atoms with Gasteiger partial charge in [-0.1, -0.05) is 20.8 Å². The summed E-state index contributed by atoms with van der Waals surface area (Å²) in [7, 11) is 0. The van der Waals surface area contributed by atoms with Crippen LogP contribution in [0.15, 0.2) is 0 Å². The number of carboxylic acid groups (broad SMARTS) is 1. The monoisotopic (exact) mass is 258 g/mol. The number of amides is 2. The van der Waals surface area contributed by atoms with Gasteiger partial charge in [-0.15, -0.1) is 0 Å². The SMILES string of the molecule is CC(CCC(=O)O)NC(=O)CNC(=O)C(C)(C)C. The summed E-state index contributed by atoms with van der Waals surface area (Å²) in [6.45, 7) is 6.92. The predicted octanol–water partition coefficient (Wildman–Crippen LogP) is 0.518. The second-order valence-corrected chi connectivity index (χ2v) is 5.33. The molecule has 0 aromatic heterocycles.